The first-order valence-corrected chi connectivity index (χ1v) is 7.21. The van der Waals surface area contributed by atoms with Crippen LogP contribution in [0, 0.1) is 5.92 Å². The van der Waals surface area contributed by atoms with Gasteiger partial charge >= 0.3 is 0 Å². The van der Waals surface area contributed by atoms with Gasteiger partial charge in [-0.05, 0) is 37.5 Å². The summed E-state index contributed by atoms with van der Waals surface area (Å²) in [4.78, 5) is 0. The van der Waals surface area contributed by atoms with Crippen LogP contribution >= 0.6 is 11.8 Å². The molecule has 0 spiro atoms. The number of hydrogen-bond donors (Lipinski definition) is 1. The van der Waals surface area contributed by atoms with Crippen molar-refractivity contribution < 1.29 is 0 Å². The van der Waals surface area contributed by atoms with Crippen LogP contribution in [-0.4, -0.2) is 23.6 Å². The second kappa shape index (κ2) is 6.73. The molecule has 1 aliphatic carbocycles. The normalized spacial score (nSPS) is 33.2. The summed E-state index contributed by atoms with van der Waals surface area (Å²) in [5, 5.41) is 4.52. The standard InChI is InChI=1S/C12H25NS/c1-4-10-7-8-11(13-5-2)12(9-10)14-6-3/h10-13H,4-9H2,1-3H3. The van der Waals surface area contributed by atoms with E-state index in [1.807, 2.05) is 0 Å². The molecule has 3 unspecified atom stereocenters. The Morgan fingerprint density at radius 3 is 2.57 bits per heavy atom. The zero-order valence-corrected chi connectivity index (χ0v) is 10.7. The molecule has 1 nitrogen and oxygen atoms in total. The molecule has 0 aliphatic heterocycles. The fraction of sp³-hybridized carbons (Fsp3) is 1.00. The Balaban J connectivity index is 2.42. The third-order valence-corrected chi connectivity index (χ3v) is 4.61. The van der Waals surface area contributed by atoms with Crippen molar-refractivity contribution in [3.05, 3.63) is 0 Å². The van der Waals surface area contributed by atoms with E-state index in [0.29, 0.717) is 0 Å². The zero-order valence-electron chi connectivity index (χ0n) is 9.88. The minimum atomic E-state index is 0.785. The number of thioether (sulfide) groups is 1. The van der Waals surface area contributed by atoms with Gasteiger partial charge in [-0.15, -0.1) is 0 Å². The molecule has 1 aliphatic rings. The highest BCUT2D eigenvalue weighted by molar-refractivity contribution is 7.99. The van der Waals surface area contributed by atoms with E-state index in [2.05, 4.69) is 37.8 Å². The lowest BCUT2D eigenvalue weighted by molar-refractivity contribution is 0.298. The molecule has 1 saturated carbocycles. The smallest absolute Gasteiger partial charge is 0.0203 e. The Morgan fingerprint density at radius 2 is 2.00 bits per heavy atom. The van der Waals surface area contributed by atoms with Gasteiger partial charge in [0.2, 0.25) is 0 Å². The molecule has 0 aromatic heterocycles. The monoisotopic (exact) mass is 215 g/mol. The van der Waals surface area contributed by atoms with Crippen molar-refractivity contribution in [1.29, 1.82) is 0 Å². The van der Waals surface area contributed by atoms with Crippen molar-refractivity contribution in [1.82, 2.24) is 5.32 Å². The lowest BCUT2D eigenvalue weighted by atomic mass is 9.84. The van der Waals surface area contributed by atoms with E-state index in [-0.39, 0.29) is 0 Å². The van der Waals surface area contributed by atoms with Crippen molar-refractivity contribution in [3.8, 4) is 0 Å². The van der Waals surface area contributed by atoms with E-state index in [9.17, 15) is 0 Å². The third-order valence-electron chi connectivity index (χ3n) is 3.32. The lowest BCUT2D eigenvalue weighted by Gasteiger charge is -2.35. The van der Waals surface area contributed by atoms with Gasteiger partial charge in [0.1, 0.15) is 0 Å². The Labute approximate surface area is 93.4 Å². The second-order valence-corrected chi connectivity index (χ2v) is 5.76. The van der Waals surface area contributed by atoms with Crippen molar-refractivity contribution in [2.45, 2.75) is 57.7 Å². The van der Waals surface area contributed by atoms with Gasteiger partial charge in [0.25, 0.3) is 0 Å². The average molecular weight is 215 g/mol. The molecule has 1 N–H and O–H groups in total. The van der Waals surface area contributed by atoms with Crippen LogP contribution in [0.15, 0.2) is 0 Å². The van der Waals surface area contributed by atoms with Crippen LogP contribution in [0.3, 0.4) is 0 Å². The van der Waals surface area contributed by atoms with Gasteiger partial charge in [0.05, 0.1) is 0 Å². The molecule has 0 aromatic rings. The fourth-order valence-corrected chi connectivity index (χ4v) is 3.78. The largest absolute Gasteiger partial charge is 0.313 e. The fourth-order valence-electron chi connectivity index (χ4n) is 2.48. The van der Waals surface area contributed by atoms with Crippen LogP contribution in [0.2, 0.25) is 0 Å². The lowest BCUT2D eigenvalue weighted by Crippen LogP contribution is -2.42. The molecule has 0 aromatic carbocycles. The molecule has 0 heterocycles. The Bertz CT molecular complexity index is 149. The van der Waals surface area contributed by atoms with E-state index in [1.54, 1.807) is 0 Å². The Morgan fingerprint density at radius 1 is 1.21 bits per heavy atom. The van der Waals surface area contributed by atoms with Crippen molar-refractivity contribution in [3.63, 3.8) is 0 Å². The molecule has 84 valence electrons. The van der Waals surface area contributed by atoms with Gasteiger partial charge in [0, 0.05) is 11.3 Å². The van der Waals surface area contributed by atoms with Crippen molar-refractivity contribution in [2.75, 3.05) is 12.3 Å². The van der Waals surface area contributed by atoms with Crippen LogP contribution in [0.4, 0.5) is 0 Å². The summed E-state index contributed by atoms with van der Waals surface area (Å²) < 4.78 is 0. The molecule has 1 fully saturated rings. The first-order chi connectivity index (χ1) is 6.81. The van der Waals surface area contributed by atoms with E-state index < -0.39 is 0 Å². The number of nitrogens with one attached hydrogen (secondary N) is 1. The Hall–Kier alpha value is 0.310. The molecule has 0 radical (unpaired) electrons. The molecule has 0 bridgehead atoms. The summed E-state index contributed by atoms with van der Waals surface area (Å²) in [6, 6.07) is 0.785. The van der Waals surface area contributed by atoms with Gasteiger partial charge in [0.15, 0.2) is 0 Å². The molecule has 2 heteroatoms. The summed E-state index contributed by atoms with van der Waals surface area (Å²) in [5.74, 6) is 2.26. The van der Waals surface area contributed by atoms with E-state index in [4.69, 9.17) is 0 Å². The van der Waals surface area contributed by atoms with Gasteiger partial charge in [-0.3, -0.25) is 0 Å². The topological polar surface area (TPSA) is 12.0 Å². The molecule has 3 atom stereocenters. The third kappa shape index (κ3) is 3.47. The molecule has 14 heavy (non-hydrogen) atoms. The van der Waals surface area contributed by atoms with Crippen LogP contribution < -0.4 is 5.32 Å². The molecule has 1 rings (SSSR count). The SMILES string of the molecule is CCNC1CCC(CC)CC1SCC. The first-order valence-electron chi connectivity index (χ1n) is 6.16. The maximum absolute atomic E-state index is 3.64. The number of rotatable bonds is 5. The zero-order chi connectivity index (χ0) is 10.4. The summed E-state index contributed by atoms with van der Waals surface area (Å²) in [5.41, 5.74) is 0. The summed E-state index contributed by atoms with van der Waals surface area (Å²) >= 11 is 2.16. The summed E-state index contributed by atoms with van der Waals surface area (Å²) in [6.45, 7) is 7.97. The van der Waals surface area contributed by atoms with Crippen molar-refractivity contribution in [2.24, 2.45) is 5.92 Å². The average Bonchev–Trinajstić information content (AvgIpc) is 2.21. The predicted octanol–water partition coefficient (Wildman–Crippen LogP) is 3.30. The van der Waals surface area contributed by atoms with Gasteiger partial charge in [-0.1, -0.05) is 27.2 Å². The highest BCUT2D eigenvalue weighted by atomic mass is 32.2. The molecular weight excluding hydrogens is 190 g/mol. The predicted molar refractivity (Wildman–Crippen MR) is 67.0 cm³/mol. The van der Waals surface area contributed by atoms with Gasteiger partial charge in [-0.25, -0.2) is 0 Å². The van der Waals surface area contributed by atoms with Crippen LogP contribution in [0.5, 0.6) is 0 Å². The van der Waals surface area contributed by atoms with Gasteiger partial charge < -0.3 is 5.32 Å². The molecular formula is C12H25NS. The molecule has 0 amide bonds. The van der Waals surface area contributed by atoms with Crippen LogP contribution in [-0.2, 0) is 0 Å². The quantitative estimate of drug-likeness (QED) is 0.755. The van der Waals surface area contributed by atoms with Crippen molar-refractivity contribution >= 4 is 11.8 Å². The van der Waals surface area contributed by atoms with Gasteiger partial charge in [-0.2, -0.15) is 11.8 Å². The van der Waals surface area contributed by atoms with E-state index in [1.165, 1.54) is 31.4 Å². The number of hydrogen-bond acceptors (Lipinski definition) is 2. The maximum Gasteiger partial charge on any atom is 0.0203 e. The minimum absolute atomic E-state index is 0.785. The van der Waals surface area contributed by atoms with Crippen LogP contribution in [0.1, 0.15) is 46.5 Å². The summed E-state index contributed by atoms with van der Waals surface area (Å²) in [6.07, 6.45) is 5.64. The first kappa shape index (κ1) is 12.4. The Kier molecular flexibility index (Phi) is 5.95. The molecule has 0 saturated heterocycles. The van der Waals surface area contributed by atoms with E-state index >= 15 is 0 Å². The minimum Gasteiger partial charge on any atom is -0.313 e. The van der Waals surface area contributed by atoms with E-state index in [0.717, 1.165) is 23.8 Å². The highest BCUT2D eigenvalue weighted by Gasteiger charge is 2.28. The van der Waals surface area contributed by atoms with Crippen LogP contribution in [0.25, 0.3) is 0 Å². The highest BCUT2D eigenvalue weighted by Crippen LogP contribution is 2.33. The summed E-state index contributed by atoms with van der Waals surface area (Å²) in [7, 11) is 0. The second-order valence-electron chi connectivity index (χ2n) is 4.25. The maximum atomic E-state index is 3.64.